The summed E-state index contributed by atoms with van der Waals surface area (Å²) in [4.78, 5) is 8.36. The molecule has 0 saturated heterocycles. The summed E-state index contributed by atoms with van der Waals surface area (Å²) in [5.74, 6) is 1.59. The van der Waals surface area contributed by atoms with Crippen LogP contribution in [0.1, 0.15) is 16.7 Å². The van der Waals surface area contributed by atoms with Crippen molar-refractivity contribution < 1.29 is 4.74 Å². The number of nitrogens with one attached hydrogen (secondary N) is 2. The van der Waals surface area contributed by atoms with Gasteiger partial charge < -0.3 is 15.4 Å². The molecule has 0 aliphatic heterocycles. The molecule has 176 valence electrons. The number of hydrogen-bond acceptors (Lipinski definition) is 4. The van der Waals surface area contributed by atoms with E-state index in [1.807, 2.05) is 22.9 Å². The second-order valence-electron chi connectivity index (χ2n) is 7.58. The van der Waals surface area contributed by atoms with Crippen molar-refractivity contribution in [1.82, 2.24) is 25.4 Å². The second-order valence-corrected chi connectivity index (χ2v) is 7.58. The molecule has 0 radical (unpaired) electrons. The minimum Gasteiger partial charge on any atom is -0.497 e. The molecule has 1 aromatic heterocycles. The molecule has 1 heterocycles. The van der Waals surface area contributed by atoms with Crippen molar-refractivity contribution in [1.29, 1.82) is 0 Å². The Bertz CT molecular complexity index is 1190. The summed E-state index contributed by atoms with van der Waals surface area (Å²) in [6.07, 6.45) is 3.28. The van der Waals surface area contributed by atoms with Crippen LogP contribution in [0.4, 0.5) is 0 Å². The Morgan fingerprint density at radius 1 is 0.941 bits per heavy atom. The van der Waals surface area contributed by atoms with Gasteiger partial charge in [-0.1, -0.05) is 60.7 Å². The van der Waals surface area contributed by atoms with Gasteiger partial charge in [-0.3, -0.25) is 4.99 Å². The number of hydrogen-bond donors (Lipinski definition) is 2. The first-order valence-corrected chi connectivity index (χ1v) is 10.8. The van der Waals surface area contributed by atoms with Gasteiger partial charge in [-0.25, -0.2) is 9.67 Å². The van der Waals surface area contributed by atoms with Gasteiger partial charge in [0.15, 0.2) is 5.96 Å². The topological polar surface area (TPSA) is 76.4 Å². The van der Waals surface area contributed by atoms with E-state index < -0.39 is 0 Å². The molecule has 2 N–H and O–H groups in total. The number of halogens is 1. The third kappa shape index (κ3) is 6.80. The number of benzene rings is 3. The number of aromatic nitrogens is 3. The van der Waals surface area contributed by atoms with Gasteiger partial charge in [0.25, 0.3) is 0 Å². The Labute approximate surface area is 217 Å². The summed E-state index contributed by atoms with van der Waals surface area (Å²) in [5.41, 5.74) is 5.88. The second kappa shape index (κ2) is 12.7. The van der Waals surface area contributed by atoms with E-state index in [0.29, 0.717) is 19.6 Å². The van der Waals surface area contributed by atoms with Crippen molar-refractivity contribution in [3.63, 3.8) is 0 Å². The van der Waals surface area contributed by atoms with Crippen LogP contribution < -0.4 is 15.4 Å². The lowest BCUT2D eigenvalue weighted by Crippen LogP contribution is -2.36. The summed E-state index contributed by atoms with van der Waals surface area (Å²) in [5, 5.41) is 11.0. The molecule has 0 bridgehead atoms. The molecule has 8 heteroatoms. The highest BCUT2D eigenvalue weighted by Crippen LogP contribution is 2.24. The molecular formula is C26H29IN6O. The van der Waals surface area contributed by atoms with Crippen LogP contribution in [0.3, 0.4) is 0 Å². The zero-order valence-corrected chi connectivity index (χ0v) is 21.6. The third-order valence-corrected chi connectivity index (χ3v) is 5.36. The van der Waals surface area contributed by atoms with E-state index in [1.165, 1.54) is 22.3 Å². The number of aliphatic imine (C=N–C) groups is 1. The molecule has 7 nitrogen and oxygen atoms in total. The normalized spacial score (nSPS) is 10.9. The summed E-state index contributed by atoms with van der Waals surface area (Å²) in [6, 6.07) is 25.0. The summed E-state index contributed by atoms with van der Waals surface area (Å²) in [7, 11) is 3.45. The number of guanidine groups is 1. The first kappa shape index (κ1) is 25.2. The zero-order valence-electron chi connectivity index (χ0n) is 19.3. The van der Waals surface area contributed by atoms with Crippen LogP contribution in [0, 0.1) is 0 Å². The Morgan fingerprint density at radius 3 is 2.47 bits per heavy atom. The van der Waals surface area contributed by atoms with E-state index in [2.05, 4.69) is 80.3 Å². The highest BCUT2D eigenvalue weighted by molar-refractivity contribution is 14.0. The van der Waals surface area contributed by atoms with Crippen LogP contribution in [0.5, 0.6) is 5.75 Å². The minimum absolute atomic E-state index is 0. The molecule has 3 aromatic carbocycles. The maximum absolute atomic E-state index is 5.30. The summed E-state index contributed by atoms with van der Waals surface area (Å²) >= 11 is 0. The van der Waals surface area contributed by atoms with E-state index in [9.17, 15) is 0 Å². The molecule has 34 heavy (non-hydrogen) atoms. The number of ether oxygens (including phenoxy) is 1. The predicted molar refractivity (Wildman–Crippen MR) is 146 cm³/mol. The molecule has 0 saturated carbocycles. The largest absolute Gasteiger partial charge is 0.497 e. The molecule has 0 unspecified atom stereocenters. The fourth-order valence-electron chi connectivity index (χ4n) is 3.61. The molecule has 0 spiro atoms. The van der Waals surface area contributed by atoms with Gasteiger partial charge in [-0.05, 0) is 39.9 Å². The number of rotatable bonds is 8. The monoisotopic (exact) mass is 568 g/mol. The first-order valence-electron chi connectivity index (χ1n) is 10.8. The molecular weight excluding hydrogens is 539 g/mol. The smallest absolute Gasteiger partial charge is 0.191 e. The fraction of sp³-hybridized carbons (Fsp3) is 0.192. The Kier molecular flexibility index (Phi) is 9.45. The van der Waals surface area contributed by atoms with Crippen LogP contribution >= 0.6 is 24.0 Å². The average Bonchev–Trinajstić information content (AvgIpc) is 3.38. The van der Waals surface area contributed by atoms with Gasteiger partial charge in [-0.2, -0.15) is 5.10 Å². The highest BCUT2D eigenvalue weighted by Gasteiger charge is 2.07. The van der Waals surface area contributed by atoms with Crippen molar-refractivity contribution in [2.24, 2.45) is 4.99 Å². The molecule has 0 fully saturated rings. The molecule has 0 aliphatic carbocycles. The maximum Gasteiger partial charge on any atom is 0.191 e. The van der Waals surface area contributed by atoms with E-state index in [1.54, 1.807) is 26.8 Å². The number of methoxy groups -OCH3 is 1. The summed E-state index contributed by atoms with van der Waals surface area (Å²) in [6.45, 7) is 2.03. The molecule has 0 aliphatic rings. The molecule has 4 rings (SSSR count). The third-order valence-electron chi connectivity index (χ3n) is 5.36. The van der Waals surface area contributed by atoms with E-state index >= 15 is 0 Å². The maximum atomic E-state index is 5.30. The van der Waals surface area contributed by atoms with Crippen molar-refractivity contribution in [2.75, 3.05) is 14.2 Å². The quantitative estimate of drug-likeness (QED) is 0.186. The van der Waals surface area contributed by atoms with Crippen LogP contribution in [0.15, 0.2) is 90.4 Å². The molecule has 4 aromatic rings. The van der Waals surface area contributed by atoms with Crippen LogP contribution in [-0.2, 0) is 19.6 Å². The van der Waals surface area contributed by atoms with Crippen LogP contribution in [0.25, 0.3) is 11.1 Å². The lowest BCUT2D eigenvalue weighted by atomic mass is 9.98. The standard InChI is InChI=1S/C26H28N6O.HI/c1-27-26(29-15-21-6-5-8-24(14-21)33-2)30-16-23-7-3-4-9-25(23)22-12-10-20(11-13-22)17-32-19-28-18-31-32;/h3-14,18-19H,15-17H2,1-2H3,(H2,27,29,30);1H. The van der Waals surface area contributed by atoms with Crippen molar-refractivity contribution in [3.8, 4) is 16.9 Å². The first-order chi connectivity index (χ1) is 16.2. The molecule has 0 amide bonds. The van der Waals surface area contributed by atoms with Gasteiger partial charge in [0.05, 0.1) is 13.7 Å². The number of nitrogens with zero attached hydrogens (tertiary/aromatic N) is 4. The van der Waals surface area contributed by atoms with Crippen molar-refractivity contribution >= 4 is 29.9 Å². The van der Waals surface area contributed by atoms with Crippen LogP contribution in [0.2, 0.25) is 0 Å². The Morgan fingerprint density at radius 2 is 1.74 bits per heavy atom. The van der Waals surface area contributed by atoms with E-state index in [-0.39, 0.29) is 24.0 Å². The Balaban J connectivity index is 0.00000324. The Hall–Kier alpha value is -3.40. The van der Waals surface area contributed by atoms with Gasteiger partial charge in [-0.15, -0.1) is 24.0 Å². The van der Waals surface area contributed by atoms with Gasteiger partial charge in [0.2, 0.25) is 0 Å². The summed E-state index contributed by atoms with van der Waals surface area (Å²) < 4.78 is 7.12. The minimum atomic E-state index is 0. The van der Waals surface area contributed by atoms with E-state index in [0.717, 1.165) is 17.3 Å². The van der Waals surface area contributed by atoms with Gasteiger partial charge in [0.1, 0.15) is 18.4 Å². The highest BCUT2D eigenvalue weighted by atomic mass is 127. The lowest BCUT2D eigenvalue weighted by molar-refractivity contribution is 0.414. The SMILES string of the molecule is CN=C(NCc1cccc(OC)c1)NCc1ccccc1-c1ccc(Cn2cncn2)cc1.I. The zero-order chi connectivity index (χ0) is 22.9. The average molecular weight is 568 g/mol. The van der Waals surface area contributed by atoms with Crippen LogP contribution in [-0.4, -0.2) is 34.9 Å². The van der Waals surface area contributed by atoms with Crippen molar-refractivity contribution in [2.45, 2.75) is 19.6 Å². The van der Waals surface area contributed by atoms with E-state index in [4.69, 9.17) is 4.74 Å². The lowest BCUT2D eigenvalue weighted by Gasteiger charge is -2.15. The van der Waals surface area contributed by atoms with Crippen molar-refractivity contribution in [3.05, 3.63) is 102 Å². The fourth-order valence-corrected chi connectivity index (χ4v) is 3.61. The molecule has 0 atom stereocenters. The predicted octanol–water partition coefficient (Wildman–Crippen LogP) is 4.49. The van der Waals surface area contributed by atoms with Gasteiger partial charge in [0, 0.05) is 20.1 Å². The van der Waals surface area contributed by atoms with Gasteiger partial charge >= 0.3 is 0 Å².